The van der Waals surface area contributed by atoms with Crippen LogP contribution in [-0.4, -0.2) is 98.0 Å². The minimum atomic E-state index is -0.356. The Morgan fingerprint density at radius 3 is 1.82 bits per heavy atom. The topological polar surface area (TPSA) is 115 Å². The molecule has 1 amide bonds. The van der Waals surface area contributed by atoms with Gasteiger partial charge in [0.1, 0.15) is 12.2 Å². The molecule has 2 unspecified atom stereocenters. The smallest absolute Gasteiger partial charge is 0.407 e. The molecule has 2 saturated heterocycles. The Morgan fingerprint density at radius 1 is 0.758 bits per heavy atom. The first-order valence-corrected chi connectivity index (χ1v) is 22.7. The second-order valence-electron chi connectivity index (χ2n) is 15.9. The van der Waals surface area contributed by atoms with E-state index in [0.717, 1.165) is 131 Å². The third-order valence-corrected chi connectivity index (χ3v) is 11.1. The summed E-state index contributed by atoms with van der Waals surface area (Å²) in [5.41, 5.74) is 11.5. The van der Waals surface area contributed by atoms with Crippen LogP contribution in [0.1, 0.15) is 117 Å². The number of nitrogens with one attached hydrogen (secondary N) is 1. The maximum Gasteiger partial charge on any atom is 0.407 e. The molecular formula is C51H65ClN6O4. The summed E-state index contributed by atoms with van der Waals surface area (Å²) in [7, 11) is 4.32. The number of aromatic nitrogens is 2. The van der Waals surface area contributed by atoms with Gasteiger partial charge in [0.15, 0.2) is 0 Å². The number of carbonyl (C=O) groups is 1. The number of ether oxygens (including phenoxy) is 3. The van der Waals surface area contributed by atoms with Crippen LogP contribution < -0.4 is 11.1 Å². The van der Waals surface area contributed by atoms with Gasteiger partial charge in [-0.3, -0.25) is 9.97 Å². The first-order chi connectivity index (χ1) is 30.3. The number of pyridine rings is 2. The van der Waals surface area contributed by atoms with Crippen molar-refractivity contribution >= 4 is 17.7 Å². The van der Waals surface area contributed by atoms with Gasteiger partial charge < -0.3 is 35.1 Å². The molecule has 4 heterocycles. The molecular weight excluding hydrogens is 796 g/mol. The maximum absolute atomic E-state index is 11.3. The predicted molar refractivity (Wildman–Crippen MR) is 249 cm³/mol. The molecule has 0 spiro atoms. The Kier molecular flexibility index (Phi) is 21.3. The molecule has 6 rings (SSSR count). The fraction of sp³-hybridized carbons (Fsp3) is 0.471. The molecule has 2 atom stereocenters. The number of unbranched alkanes of at least 4 members (excludes halogenated alkanes) is 4. The van der Waals surface area contributed by atoms with Crippen LogP contribution in [-0.2, 0) is 14.2 Å². The summed E-state index contributed by atoms with van der Waals surface area (Å²) in [6.45, 7) is 7.74. The van der Waals surface area contributed by atoms with Gasteiger partial charge in [-0.2, -0.15) is 0 Å². The number of halogens is 1. The summed E-state index contributed by atoms with van der Waals surface area (Å²) < 4.78 is 18.0. The highest BCUT2D eigenvalue weighted by Crippen LogP contribution is 2.31. The van der Waals surface area contributed by atoms with Crippen molar-refractivity contribution in [2.75, 3.05) is 60.0 Å². The Hall–Kier alpha value is -4.78. The molecule has 330 valence electrons. The molecule has 3 N–H and O–H groups in total. The van der Waals surface area contributed by atoms with E-state index >= 15 is 0 Å². The highest BCUT2D eigenvalue weighted by Gasteiger charge is 2.26. The van der Waals surface area contributed by atoms with Crippen LogP contribution in [0.5, 0.6) is 0 Å². The molecule has 0 aliphatic carbocycles. The lowest BCUT2D eigenvalue weighted by atomic mass is 10.0. The molecule has 2 aromatic carbocycles. The Labute approximate surface area is 375 Å². The van der Waals surface area contributed by atoms with Crippen molar-refractivity contribution in [2.24, 2.45) is 5.73 Å². The van der Waals surface area contributed by atoms with E-state index in [1.807, 2.05) is 60.8 Å². The number of benzene rings is 2. The molecule has 2 aromatic heterocycles. The van der Waals surface area contributed by atoms with Gasteiger partial charge in [0.2, 0.25) is 0 Å². The Bertz CT molecular complexity index is 2030. The van der Waals surface area contributed by atoms with Crippen molar-refractivity contribution in [3.63, 3.8) is 0 Å². The molecule has 0 saturated carbocycles. The summed E-state index contributed by atoms with van der Waals surface area (Å²) in [6.07, 6.45) is 12.8. The lowest BCUT2D eigenvalue weighted by molar-refractivity contribution is -0.0251. The quantitative estimate of drug-likeness (QED) is 0.0842. The molecule has 4 aromatic rings. The monoisotopic (exact) mass is 860 g/mol. The average Bonchev–Trinajstić information content (AvgIpc) is 3.29. The Balaban J connectivity index is 0.000000236. The van der Waals surface area contributed by atoms with Gasteiger partial charge >= 0.3 is 6.09 Å². The van der Waals surface area contributed by atoms with Gasteiger partial charge in [-0.05, 0) is 139 Å². The number of hydrogen-bond donors (Lipinski definition) is 2. The van der Waals surface area contributed by atoms with E-state index in [-0.39, 0.29) is 30.5 Å². The second-order valence-corrected chi connectivity index (χ2v) is 16.3. The normalized spacial score (nSPS) is 15.8. The number of likely N-dealkylation sites (tertiary alicyclic amines) is 2. The fourth-order valence-electron chi connectivity index (χ4n) is 7.30. The number of rotatable bonds is 16. The summed E-state index contributed by atoms with van der Waals surface area (Å²) in [4.78, 5) is 25.1. The van der Waals surface area contributed by atoms with Crippen LogP contribution in [0.2, 0.25) is 5.02 Å². The standard InChI is InChI=1S/C27H35N3O3.C24H30ClN3O/c1-3-32-27(31)29-18-8-5-4-6-11-22-12-10-13-23(21-22)26(25-14-7-9-17-28-25)33-24-15-19-30(2)20-16-24;1-28-15-12-22(13-16-28)29-24(23-11-10-21(25)18-27-23)20-9-6-8-19(17-20)7-4-2-3-5-14-26/h7,9-10,12-14,17,21,24,26H,3-5,8,15-16,18-20H2,1-2H3,(H,29,31);6,8-11,17-18,22,24H,2-3,5,12-16,26H2,1H3. The average molecular weight is 862 g/mol. The van der Waals surface area contributed by atoms with Crippen molar-refractivity contribution in [1.29, 1.82) is 0 Å². The highest BCUT2D eigenvalue weighted by molar-refractivity contribution is 6.30. The fourth-order valence-corrected chi connectivity index (χ4v) is 7.41. The second kappa shape index (κ2) is 27.3. The van der Waals surface area contributed by atoms with Gasteiger partial charge in [-0.1, -0.05) is 65.6 Å². The zero-order chi connectivity index (χ0) is 43.8. The van der Waals surface area contributed by atoms with Crippen LogP contribution in [0.15, 0.2) is 91.3 Å². The molecule has 0 bridgehead atoms. The third-order valence-electron chi connectivity index (χ3n) is 10.8. The van der Waals surface area contributed by atoms with E-state index in [1.165, 1.54) is 0 Å². The zero-order valence-corrected chi connectivity index (χ0v) is 37.6. The number of piperidine rings is 2. The first kappa shape index (κ1) is 48.3. The van der Waals surface area contributed by atoms with E-state index in [9.17, 15) is 4.79 Å². The van der Waals surface area contributed by atoms with Gasteiger partial charge in [-0.25, -0.2) is 4.79 Å². The number of nitrogens with two attached hydrogens (primary N) is 1. The number of alkyl carbamates (subject to hydrolysis) is 1. The minimum Gasteiger partial charge on any atom is -0.450 e. The van der Waals surface area contributed by atoms with E-state index in [1.54, 1.807) is 13.1 Å². The van der Waals surface area contributed by atoms with E-state index in [2.05, 4.69) is 87.1 Å². The molecule has 10 nitrogen and oxygen atoms in total. The van der Waals surface area contributed by atoms with Crippen LogP contribution >= 0.6 is 11.6 Å². The summed E-state index contributed by atoms with van der Waals surface area (Å²) in [5.74, 6) is 13.1. The first-order valence-electron chi connectivity index (χ1n) is 22.3. The SMILES string of the molecule is CCOC(=O)NCCCCC#Cc1cccc(C(OC2CCN(C)CC2)c2ccccn2)c1.CN1CCC(OC(c2cccc(C#CCCCCN)c2)c2ccc(Cl)cn2)CC1. The molecule has 11 heteroatoms. The zero-order valence-electron chi connectivity index (χ0n) is 36.9. The van der Waals surface area contributed by atoms with Crippen LogP contribution in [0.25, 0.3) is 0 Å². The molecule has 2 fully saturated rings. The number of hydrogen-bond acceptors (Lipinski definition) is 9. The summed E-state index contributed by atoms with van der Waals surface area (Å²) >= 11 is 6.05. The minimum absolute atomic E-state index is 0.199. The predicted octanol–water partition coefficient (Wildman–Crippen LogP) is 8.97. The van der Waals surface area contributed by atoms with Crippen molar-refractivity contribution in [2.45, 2.75) is 95.5 Å². The number of carbonyl (C=O) groups excluding carboxylic acids is 1. The van der Waals surface area contributed by atoms with E-state index < -0.39 is 0 Å². The number of nitrogens with zero attached hydrogens (tertiary/aromatic N) is 4. The van der Waals surface area contributed by atoms with E-state index in [0.29, 0.717) is 18.2 Å². The van der Waals surface area contributed by atoms with Crippen LogP contribution in [0, 0.1) is 23.7 Å². The molecule has 2 aliphatic heterocycles. The molecule has 62 heavy (non-hydrogen) atoms. The van der Waals surface area contributed by atoms with Crippen LogP contribution in [0.4, 0.5) is 4.79 Å². The third kappa shape index (κ3) is 17.2. The highest BCUT2D eigenvalue weighted by atomic mass is 35.5. The van der Waals surface area contributed by atoms with Gasteiger partial charge in [-0.15, -0.1) is 0 Å². The largest absolute Gasteiger partial charge is 0.450 e. The van der Waals surface area contributed by atoms with Gasteiger partial charge in [0.25, 0.3) is 0 Å². The lowest BCUT2D eigenvalue weighted by Crippen LogP contribution is -2.35. The Morgan fingerprint density at radius 2 is 1.32 bits per heavy atom. The molecule has 2 aliphatic rings. The van der Waals surface area contributed by atoms with Crippen molar-refractivity contribution in [1.82, 2.24) is 25.1 Å². The van der Waals surface area contributed by atoms with E-state index in [4.69, 9.17) is 31.5 Å². The summed E-state index contributed by atoms with van der Waals surface area (Å²) in [5, 5.41) is 3.36. The lowest BCUT2D eigenvalue weighted by Gasteiger charge is -2.32. The van der Waals surface area contributed by atoms with Crippen molar-refractivity contribution in [3.05, 3.63) is 130 Å². The van der Waals surface area contributed by atoms with Gasteiger partial charge in [0, 0.05) is 69.1 Å². The van der Waals surface area contributed by atoms with Crippen LogP contribution in [0.3, 0.4) is 0 Å². The van der Waals surface area contributed by atoms with Crippen molar-refractivity contribution in [3.8, 4) is 23.7 Å². The van der Waals surface area contributed by atoms with Crippen molar-refractivity contribution < 1.29 is 19.0 Å². The number of amides is 1. The van der Waals surface area contributed by atoms with Gasteiger partial charge in [0.05, 0.1) is 35.2 Å². The molecule has 0 radical (unpaired) electrons. The maximum atomic E-state index is 11.3. The summed E-state index contributed by atoms with van der Waals surface area (Å²) in [6, 6.07) is 26.4.